The molecule has 21 heavy (non-hydrogen) atoms. The highest BCUT2D eigenvalue weighted by atomic mass is 79.9. The van der Waals surface area contributed by atoms with Gasteiger partial charge in [-0.05, 0) is 12.1 Å². The van der Waals surface area contributed by atoms with E-state index in [1.807, 2.05) is 24.4 Å². The smallest absolute Gasteiger partial charge is 0.240 e. The lowest BCUT2D eigenvalue weighted by Gasteiger charge is -2.04. The van der Waals surface area contributed by atoms with Gasteiger partial charge in [0.05, 0.1) is 31.0 Å². The van der Waals surface area contributed by atoms with Crippen LogP contribution in [-0.2, 0) is 0 Å². The Morgan fingerprint density at radius 1 is 1.14 bits per heavy atom. The SMILES string of the molecule is COc1cc(OC)n2cc(-c3ccc(Br)cc3Cl)nc2n1. The number of hydrogen-bond donors (Lipinski definition) is 0. The van der Waals surface area contributed by atoms with Crippen LogP contribution in [0.5, 0.6) is 11.8 Å². The van der Waals surface area contributed by atoms with E-state index >= 15 is 0 Å². The molecule has 3 aromatic rings. The number of imidazole rings is 1. The van der Waals surface area contributed by atoms with Crippen LogP contribution in [0.4, 0.5) is 0 Å². The molecule has 0 unspecified atom stereocenters. The molecule has 5 nitrogen and oxygen atoms in total. The Morgan fingerprint density at radius 2 is 1.95 bits per heavy atom. The fraction of sp³-hybridized carbons (Fsp3) is 0.143. The first-order valence-electron chi connectivity index (χ1n) is 6.06. The highest BCUT2D eigenvalue weighted by Crippen LogP contribution is 2.31. The zero-order valence-electron chi connectivity index (χ0n) is 11.3. The van der Waals surface area contributed by atoms with Gasteiger partial charge in [0.2, 0.25) is 17.5 Å². The van der Waals surface area contributed by atoms with Gasteiger partial charge in [-0.2, -0.15) is 4.98 Å². The van der Waals surface area contributed by atoms with Crippen molar-refractivity contribution in [3.8, 4) is 23.0 Å². The minimum absolute atomic E-state index is 0.443. The summed E-state index contributed by atoms with van der Waals surface area (Å²) in [6, 6.07) is 7.34. The predicted octanol–water partition coefficient (Wildman–Crippen LogP) is 3.83. The van der Waals surface area contributed by atoms with Gasteiger partial charge in [-0.15, -0.1) is 0 Å². The van der Waals surface area contributed by atoms with Gasteiger partial charge in [0.1, 0.15) is 0 Å². The normalized spacial score (nSPS) is 10.9. The Labute approximate surface area is 134 Å². The first-order valence-corrected chi connectivity index (χ1v) is 7.23. The lowest BCUT2D eigenvalue weighted by Crippen LogP contribution is -1.97. The van der Waals surface area contributed by atoms with E-state index in [0.29, 0.717) is 28.3 Å². The first-order chi connectivity index (χ1) is 10.1. The minimum atomic E-state index is 0.443. The van der Waals surface area contributed by atoms with E-state index in [1.54, 1.807) is 24.7 Å². The lowest BCUT2D eigenvalue weighted by atomic mass is 10.2. The lowest BCUT2D eigenvalue weighted by molar-refractivity contribution is 0.369. The van der Waals surface area contributed by atoms with Crippen molar-refractivity contribution in [3.63, 3.8) is 0 Å². The fourth-order valence-electron chi connectivity index (χ4n) is 2.01. The van der Waals surface area contributed by atoms with Crippen molar-refractivity contribution in [1.82, 2.24) is 14.4 Å². The van der Waals surface area contributed by atoms with Crippen LogP contribution in [-0.4, -0.2) is 28.6 Å². The predicted molar refractivity (Wildman–Crippen MR) is 84.2 cm³/mol. The van der Waals surface area contributed by atoms with Crippen LogP contribution in [0.3, 0.4) is 0 Å². The van der Waals surface area contributed by atoms with Crippen molar-refractivity contribution in [2.75, 3.05) is 14.2 Å². The quantitative estimate of drug-likeness (QED) is 0.705. The van der Waals surface area contributed by atoms with Gasteiger partial charge < -0.3 is 9.47 Å². The van der Waals surface area contributed by atoms with Crippen LogP contribution in [0, 0.1) is 0 Å². The Balaban J connectivity index is 2.20. The summed E-state index contributed by atoms with van der Waals surface area (Å²) < 4.78 is 13.1. The van der Waals surface area contributed by atoms with E-state index in [-0.39, 0.29) is 0 Å². The summed E-state index contributed by atoms with van der Waals surface area (Å²) in [6.07, 6.45) is 1.83. The second-order valence-corrected chi connectivity index (χ2v) is 5.58. The molecule has 7 heteroatoms. The largest absolute Gasteiger partial charge is 0.482 e. The topological polar surface area (TPSA) is 48.7 Å². The maximum Gasteiger partial charge on any atom is 0.240 e. The third-order valence-corrected chi connectivity index (χ3v) is 3.81. The molecule has 0 bridgehead atoms. The molecule has 1 aromatic carbocycles. The summed E-state index contributed by atoms with van der Waals surface area (Å²) in [6.45, 7) is 0. The number of aromatic nitrogens is 3. The molecule has 0 aliphatic carbocycles. The fourth-order valence-corrected chi connectivity index (χ4v) is 2.78. The zero-order chi connectivity index (χ0) is 15.0. The monoisotopic (exact) mass is 367 g/mol. The maximum atomic E-state index is 6.27. The van der Waals surface area contributed by atoms with Crippen molar-refractivity contribution in [1.29, 1.82) is 0 Å². The average Bonchev–Trinajstić information content (AvgIpc) is 2.89. The standard InChI is InChI=1S/C14H11BrClN3O2/c1-20-12-6-13(21-2)19-7-11(17-14(19)18-12)9-4-3-8(15)5-10(9)16/h3-7H,1-2H3. The number of hydrogen-bond acceptors (Lipinski definition) is 4. The van der Waals surface area contributed by atoms with E-state index in [9.17, 15) is 0 Å². The van der Waals surface area contributed by atoms with E-state index < -0.39 is 0 Å². The van der Waals surface area contributed by atoms with Gasteiger partial charge in [-0.1, -0.05) is 33.6 Å². The van der Waals surface area contributed by atoms with Crippen molar-refractivity contribution in [2.24, 2.45) is 0 Å². The zero-order valence-corrected chi connectivity index (χ0v) is 13.6. The Hall–Kier alpha value is -1.79. The molecule has 0 saturated carbocycles. The van der Waals surface area contributed by atoms with Crippen LogP contribution in [0.1, 0.15) is 0 Å². The van der Waals surface area contributed by atoms with E-state index in [4.69, 9.17) is 21.1 Å². The number of ether oxygens (including phenoxy) is 2. The number of benzene rings is 1. The summed E-state index contributed by atoms with van der Waals surface area (Å²) in [7, 11) is 3.13. The van der Waals surface area contributed by atoms with Gasteiger partial charge in [-0.25, -0.2) is 4.98 Å². The van der Waals surface area contributed by atoms with E-state index in [0.717, 1.165) is 10.0 Å². The molecule has 0 aliphatic rings. The molecule has 0 amide bonds. The molecular weight excluding hydrogens is 358 g/mol. The maximum absolute atomic E-state index is 6.27. The molecule has 0 N–H and O–H groups in total. The summed E-state index contributed by atoms with van der Waals surface area (Å²) in [5.74, 6) is 1.52. The highest BCUT2D eigenvalue weighted by Gasteiger charge is 2.13. The molecule has 0 aliphatic heterocycles. The summed E-state index contributed by atoms with van der Waals surface area (Å²) in [5, 5.41) is 0.610. The Kier molecular flexibility index (Phi) is 3.73. The second kappa shape index (κ2) is 5.54. The molecular formula is C14H11BrClN3O2. The van der Waals surface area contributed by atoms with Crippen LogP contribution < -0.4 is 9.47 Å². The van der Waals surface area contributed by atoms with Crippen LogP contribution in [0.15, 0.2) is 34.9 Å². The highest BCUT2D eigenvalue weighted by molar-refractivity contribution is 9.10. The molecule has 0 saturated heterocycles. The third-order valence-electron chi connectivity index (χ3n) is 3.01. The van der Waals surface area contributed by atoms with Crippen molar-refractivity contribution < 1.29 is 9.47 Å². The Bertz CT molecular complexity index is 819. The molecule has 2 heterocycles. The molecule has 2 aromatic heterocycles. The van der Waals surface area contributed by atoms with Gasteiger partial charge in [0, 0.05) is 16.2 Å². The molecule has 108 valence electrons. The number of fused-ring (bicyclic) bond motifs is 1. The van der Waals surface area contributed by atoms with E-state index in [2.05, 4.69) is 25.9 Å². The molecule has 0 radical (unpaired) electrons. The third kappa shape index (κ3) is 2.56. The van der Waals surface area contributed by atoms with Gasteiger partial charge in [0.25, 0.3) is 0 Å². The van der Waals surface area contributed by atoms with Gasteiger partial charge in [-0.3, -0.25) is 4.40 Å². The van der Waals surface area contributed by atoms with E-state index in [1.165, 1.54) is 0 Å². The molecule has 0 spiro atoms. The first kappa shape index (κ1) is 14.2. The summed E-state index contributed by atoms with van der Waals surface area (Å²) in [5.41, 5.74) is 1.54. The van der Waals surface area contributed by atoms with Crippen molar-refractivity contribution in [3.05, 3.63) is 40.0 Å². The number of halogens is 2. The summed E-state index contributed by atoms with van der Waals surface area (Å²) in [4.78, 5) is 8.78. The minimum Gasteiger partial charge on any atom is -0.482 e. The second-order valence-electron chi connectivity index (χ2n) is 4.26. The van der Waals surface area contributed by atoms with Crippen molar-refractivity contribution >= 4 is 33.3 Å². The molecule has 0 fully saturated rings. The van der Waals surface area contributed by atoms with Gasteiger partial charge in [0.15, 0.2) is 0 Å². The van der Waals surface area contributed by atoms with Crippen molar-refractivity contribution in [2.45, 2.75) is 0 Å². The van der Waals surface area contributed by atoms with Gasteiger partial charge >= 0.3 is 0 Å². The Morgan fingerprint density at radius 3 is 2.62 bits per heavy atom. The average molecular weight is 369 g/mol. The van der Waals surface area contributed by atoms with Crippen LogP contribution in [0.2, 0.25) is 5.02 Å². The molecule has 3 rings (SSSR count). The summed E-state index contributed by atoms with van der Waals surface area (Å²) >= 11 is 9.65. The number of methoxy groups -OCH3 is 2. The van der Waals surface area contributed by atoms with Crippen LogP contribution in [0.25, 0.3) is 17.0 Å². The van der Waals surface area contributed by atoms with Crippen LogP contribution >= 0.6 is 27.5 Å². The number of nitrogens with zero attached hydrogens (tertiary/aromatic N) is 3. The number of rotatable bonds is 3. The molecule has 0 atom stereocenters.